The Kier molecular flexibility index (Phi) is 7.22. The molecule has 32 heavy (non-hydrogen) atoms. The quantitative estimate of drug-likeness (QED) is 0.141. The molecular weight excluding hydrogens is 424 g/mol. The second-order valence-corrected chi connectivity index (χ2v) is 10.1. The van der Waals surface area contributed by atoms with Gasteiger partial charge in [0, 0.05) is 21.3 Å². The first kappa shape index (κ1) is 23.4. The number of hydrazone groups is 1. The molecule has 1 heterocycles. The van der Waals surface area contributed by atoms with Gasteiger partial charge < -0.3 is 15.6 Å². The lowest BCUT2D eigenvalue weighted by Gasteiger charge is -2.21. The molecule has 3 rings (SSSR count). The number of amides is 1. The van der Waals surface area contributed by atoms with Crippen LogP contribution in [0, 0.1) is 6.92 Å². The smallest absolute Gasteiger partial charge is 0.232 e. The zero-order chi connectivity index (χ0) is 23.3. The SMILES string of the molecule is Cc1cc(CC(=O)Nc2cc(-c3ccccc3/C(N)=N/NN)ccc2SC(C)(C)C)on1. The van der Waals surface area contributed by atoms with Gasteiger partial charge in [-0.25, -0.2) is 11.4 Å². The summed E-state index contributed by atoms with van der Waals surface area (Å²) in [4.78, 5) is 13.7. The molecule has 0 unspecified atom stereocenters. The van der Waals surface area contributed by atoms with Crippen LogP contribution in [-0.4, -0.2) is 21.6 Å². The van der Waals surface area contributed by atoms with Crippen molar-refractivity contribution in [2.24, 2.45) is 16.7 Å². The van der Waals surface area contributed by atoms with E-state index in [9.17, 15) is 4.79 Å². The van der Waals surface area contributed by atoms with Crippen LogP contribution in [0.2, 0.25) is 0 Å². The van der Waals surface area contributed by atoms with Gasteiger partial charge in [0.05, 0.1) is 17.8 Å². The van der Waals surface area contributed by atoms with E-state index < -0.39 is 0 Å². The minimum atomic E-state index is -0.184. The number of hydrogen-bond acceptors (Lipinski definition) is 7. The van der Waals surface area contributed by atoms with Crippen molar-refractivity contribution < 1.29 is 9.32 Å². The lowest BCUT2D eigenvalue weighted by Crippen LogP contribution is -2.23. The first-order valence-corrected chi connectivity index (χ1v) is 10.9. The normalized spacial score (nSPS) is 12.0. The number of aryl methyl sites for hydroxylation is 1. The summed E-state index contributed by atoms with van der Waals surface area (Å²) in [5, 5.41) is 10.8. The van der Waals surface area contributed by atoms with Crippen LogP contribution in [-0.2, 0) is 11.2 Å². The molecule has 3 aromatic rings. The van der Waals surface area contributed by atoms with Gasteiger partial charge in [0.25, 0.3) is 0 Å². The van der Waals surface area contributed by atoms with Crippen molar-refractivity contribution in [2.75, 3.05) is 5.32 Å². The van der Waals surface area contributed by atoms with Crippen LogP contribution in [0.1, 0.15) is 37.8 Å². The summed E-state index contributed by atoms with van der Waals surface area (Å²) in [5.74, 6) is 5.90. The van der Waals surface area contributed by atoms with Gasteiger partial charge >= 0.3 is 0 Å². The van der Waals surface area contributed by atoms with E-state index in [2.05, 4.69) is 41.9 Å². The Bertz CT molecular complexity index is 1130. The Morgan fingerprint density at radius 3 is 2.59 bits per heavy atom. The first-order valence-electron chi connectivity index (χ1n) is 10.1. The number of thioether (sulfide) groups is 1. The van der Waals surface area contributed by atoms with E-state index in [-0.39, 0.29) is 22.9 Å². The first-order chi connectivity index (χ1) is 15.2. The summed E-state index contributed by atoms with van der Waals surface area (Å²) < 4.78 is 5.15. The summed E-state index contributed by atoms with van der Waals surface area (Å²) in [5.41, 5.74) is 12.3. The molecule has 0 aliphatic heterocycles. The van der Waals surface area contributed by atoms with Crippen molar-refractivity contribution in [3.8, 4) is 11.1 Å². The maximum absolute atomic E-state index is 12.7. The Balaban J connectivity index is 1.98. The summed E-state index contributed by atoms with van der Waals surface area (Å²) in [6.07, 6.45) is 0.100. The maximum atomic E-state index is 12.7. The number of rotatable bonds is 7. The summed E-state index contributed by atoms with van der Waals surface area (Å²) in [7, 11) is 0. The summed E-state index contributed by atoms with van der Waals surface area (Å²) in [6.45, 7) is 8.20. The van der Waals surface area contributed by atoms with E-state index in [4.69, 9.17) is 16.1 Å². The highest BCUT2D eigenvalue weighted by molar-refractivity contribution is 8.00. The van der Waals surface area contributed by atoms with E-state index >= 15 is 0 Å². The molecule has 0 bridgehead atoms. The number of amidine groups is 1. The average Bonchev–Trinajstić information content (AvgIpc) is 3.13. The third kappa shape index (κ3) is 6.12. The second-order valence-electron chi connectivity index (χ2n) is 8.26. The van der Waals surface area contributed by atoms with Crippen molar-refractivity contribution in [1.82, 2.24) is 10.7 Å². The molecule has 0 fully saturated rings. The third-order valence-corrected chi connectivity index (χ3v) is 5.57. The topological polar surface area (TPSA) is 132 Å². The van der Waals surface area contributed by atoms with Crippen LogP contribution in [0.3, 0.4) is 0 Å². The Morgan fingerprint density at radius 2 is 1.94 bits per heavy atom. The molecule has 0 saturated heterocycles. The largest absolute Gasteiger partial charge is 0.382 e. The van der Waals surface area contributed by atoms with Gasteiger partial charge in [-0.3, -0.25) is 4.79 Å². The molecule has 0 radical (unpaired) electrons. The lowest BCUT2D eigenvalue weighted by atomic mass is 9.98. The molecule has 168 valence electrons. The number of hydrogen-bond donors (Lipinski definition) is 4. The second kappa shape index (κ2) is 9.88. The van der Waals surface area contributed by atoms with E-state index in [1.54, 1.807) is 17.8 Å². The number of carbonyl (C=O) groups is 1. The van der Waals surface area contributed by atoms with Crippen LogP contribution in [0.5, 0.6) is 0 Å². The van der Waals surface area contributed by atoms with Gasteiger partial charge in [-0.05, 0) is 30.2 Å². The molecule has 9 heteroatoms. The highest BCUT2D eigenvalue weighted by atomic mass is 32.2. The van der Waals surface area contributed by atoms with Gasteiger partial charge in [-0.15, -0.1) is 16.9 Å². The van der Waals surface area contributed by atoms with Gasteiger partial charge in [0.1, 0.15) is 5.76 Å². The number of hydrazine groups is 1. The highest BCUT2D eigenvalue weighted by Crippen LogP contribution is 2.39. The van der Waals surface area contributed by atoms with Crippen LogP contribution < -0.4 is 22.4 Å². The molecule has 0 spiro atoms. The standard InChI is InChI=1S/C23H28N6O2S/c1-14-11-16(31-28-14)13-21(30)26-19-12-15(9-10-20(19)32-23(2,3)4)17-7-5-6-8-18(17)22(24)27-29-25/h5-12,29H,13,25H2,1-4H3,(H2,24,27)(H,26,30). The molecule has 2 aromatic carbocycles. The monoisotopic (exact) mass is 452 g/mol. The fraction of sp³-hybridized carbons (Fsp3) is 0.261. The minimum absolute atomic E-state index is 0.0369. The van der Waals surface area contributed by atoms with Crippen molar-refractivity contribution in [1.29, 1.82) is 0 Å². The maximum Gasteiger partial charge on any atom is 0.232 e. The molecular formula is C23H28N6O2S. The average molecular weight is 453 g/mol. The summed E-state index contributed by atoms with van der Waals surface area (Å²) >= 11 is 1.68. The van der Waals surface area contributed by atoms with Gasteiger partial charge in [0.2, 0.25) is 5.91 Å². The van der Waals surface area contributed by atoms with Crippen LogP contribution in [0.25, 0.3) is 11.1 Å². The lowest BCUT2D eigenvalue weighted by molar-refractivity contribution is -0.115. The van der Waals surface area contributed by atoms with E-state index in [0.717, 1.165) is 27.3 Å². The predicted molar refractivity (Wildman–Crippen MR) is 129 cm³/mol. The molecule has 1 amide bonds. The Hall–Kier alpha value is -3.30. The number of carbonyl (C=O) groups excluding carboxylic acids is 1. The molecule has 1 aromatic heterocycles. The van der Waals surface area contributed by atoms with Crippen LogP contribution >= 0.6 is 11.8 Å². The third-order valence-electron chi connectivity index (χ3n) is 4.38. The Labute approximate surface area is 191 Å². The van der Waals surface area contributed by atoms with Gasteiger partial charge in [-0.2, -0.15) is 0 Å². The highest BCUT2D eigenvalue weighted by Gasteiger charge is 2.18. The van der Waals surface area contributed by atoms with Crippen LogP contribution in [0.4, 0.5) is 5.69 Å². The predicted octanol–water partition coefficient (Wildman–Crippen LogP) is 3.81. The molecule has 0 aliphatic rings. The van der Waals surface area contributed by atoms with Crippen molar-refractivity contribution in [3.63, 3.8) is 0 Å². The minimum Gasteiger partial charge on any atom is -0.382 e. The fourth-order valence-electron chi connectivity index (χ4n) is 3.15. The number of aromatic nitrogens is 1. The van der Waals surface area contributed by atoms with Crippen molar-refractivity contribution in [3.05, 3.63) is 65.5 Å². The number of nitrogens with one attached hydrogen (secondary N) is 2. The fourth-order valence-corrected chi connectivity index (χ4v) is 4.17. The molecule has 6 N–H and O–H groups in total. The molecule has 0 atom stereocenters. The van der Waals surface area contributed by atoms with E-state index in [1.165, 1.54) is 0 Å². The molecule has 8 nitrogen and oxygen atoms in total. The van der Waals surface area contributed by atoms with E-state index in [0.29, 0.717) is 11.4 Å². The number of anilines is 1. The number of nitrogens with zero attached hydrogens (tertiary/aromatic N) is 2. The number of benzene rings is 2. The van der Waals surface area contributed by atoms with Gasteiger partial charge in [0.15, 0.2) is 5.84 Å². The van der Waals surface area contributed by atoms with Gasteiger partial charge in [-0.1, -0.05) is 56.3 Å². The summed E-state index contributed by atoms with van der Waals surface area (Å²) in [6, 6.07) is 15.3. The van der Waals surface area contributed by atoms with Crippen molar-refractivity contribution in [2.45, 2.75) is 43.8 Å². The molecule has 0 aliphatic carbocycles. The zero-order valence-electron chi connectivity index (χ0n) is 18.6. The van der Waals surface area contributed by atoms with E-state index in [1.807, 2.05) is 49.4 Å². The Morgan fingerprint density at radius 1 is 1.19 bits per heavy atom. The van der Waals surface area contributed by atoms with Crippen LogP contribution in [0.15, 0.2) is 63.1 Å². The van der Waals surface area contributed by atoms with Crippen molar-refractivity contribution >= 4 is 29.2 Å². The molecule has 0 saturated carbocycles. The number of nitrogens with two attached hydrogens (primary N) is 2. The zero-order valence-corrected chi connectivity index (χ0v) is 19.4.